The van der Waals surface area contributed by atoms with Gasteiger partial charge in [0.25, 0.3) is 5.91 Å². The van der Waals surface area contributed by atoms with Gasteiger partial charge in [-0.3, -0.25) is 9.59 Å². The van der Waals surface area contributed by atoms with E-state index in [2.05, 4.69) is 10.3 Å². The van der Waals surface area contributed by atoms with Crippen molar-refractivity contribution in [3.05, 3.63) is 76.4 Å². The monoisotopic (exact) mass is 461 g/mol. The smallest absolute Gasteiger partial charge is 0.423 e. The maximum atomic E-state index is 13.5. The fourth-order valence-electron chi connectivity index (χ4n) is 3.38. The molecule has 0 bridgehead atoms. The molecule has 33 heavy (non-hydrogen) atoms. The van der Waals surface area contributed by atoms with Gasteiger partial charge in [-0.1, -0.05) is 24.3 Å². The van der Waals surface area contributed by atoms with E-state index < -0.39 is 34.6 Å². The van der Waals surface area contributed by atoms with E-state index >= 15 is 0 Å². The van der Waals surface area contributed by atoms with Gasteiger partial charge in [-0.15, -0.1) is 0 Å². The number of ketones is 1. The Morgan fingerprint density at radius 2 is 1.88 bits per heavy atom. The predicted octanol–water partition coefficient (Wildman–Crippen LogP) is 3.88. The zero-order valence-electron chi connectivity index (χ0n) is 18.2. The highest BCUT2D eigenvalue weighted by molar-refractivity contribution is 5.97. The molecule has 0 atom stereocenters. The number of aromatic hydroxyl groups is 1. The molecule has 174 valence electrons. The van der Waals surface area contributed by atoms with Crippen molar-refractivity contribution in [2.45, 2.75) is 26.1 Å². The summed E-state index contributed by atoms with van der Waals surface area (Å²) in [6.07, 6.45) is -3.05. The summed E-state index contributed by atoms with van der Waals surface area (Å²) in [5.41, 5.74) is 0.0000107. The van der Waals surface area contributed by atoms with Crippen LogP contribution >= 0.6 is 0 Å². The molecule has 3 rings (SSSR count). The second-order valence-electron chi connectivity index (χ2n) is 7.37. The van der Waals surface area contributed by atoms with Crippen LogP contribution in [0, 0.1) is 0 Å². The third-order valence-corrected chi connectivity index (χ3v) is 5.09. The van der Waals surface area contributed by atoms with Gasteiger partial charge in [0.05, 0.1) is 11.8 Å². The average molecular weight is 461 g/mol. The number of benzene rings is 2. The number of ether oxygens (including phenoxy) is 1. The van der Waals surface area contributed by atoms with E-state index in [0.29, 0.717) is 23.5 Å². The molecule has 0 saturated carbocycles. The largest absolute Gasteiger partial charge is 0.506 e. The van der Waals surface area contributed by atoms with Crippen molar-refractivity contribution in [2.24, 2.45) is 7.05 Å². The zero-order chi connectivity index (χ0) is 24.3. The average Bonchev–Trinajstić information content (AvgIpc) is 3.10. The van der Waals surface area contributed by atoms with Crippen LogP contribution in [0.4, 0.5) is 13.2 Å². The minimum atomic E-state index is -4.91. The highest BCUT2D eigenvalue weighted by atomic mass is 19.4. The summed E-state index contributed by atoms with van der Waals surface area (Å²) in [4.78, 5) is 27.6. The lowest BCUT2D eigenvalue weighted by atomic mass is 10.0. The number of hydrogen-bond acceptors (Lipinski definition) is 5. The van der Waals surface area contributed by atoms with Gasteiger partial charge in [0.2, 0.25) is 0 Å². The van der Waals surface area contributed by atoms with E-state index in [-0.39, 0.29) is 12.5 Å². The number of carbonyl (C=O) groups excluding carboxylic acids is 2. The molecule has 0 aliphatic heterocycles. The lowest BCUT2D eigenvalue weighted by molar-refractivity contribution is -0.140. The SMILES string of the molecule is CNC(=O)c1cnc(Cc2cccc(COc3ccc(C(C)=O)c(O)c3C(F)(F)F)c2)n1C. The molecule has 1 amide bonds. The lowest BCUT2D eigenvalue weighted by Gasteiger charge is -2.17. The van der Waals surface area contributed by atoms with Gasteiger partial charge in [-0.05, 0) is 30.2 Å². The van der Waals surface area contributed by atoms with Crippen molar-refractivity contribution < 1.29 is 32.6 Å². The minimum Gasteiger partial charge on any atom is -0.506 e. The lowest BCUT2D eigenvalue weighted by Crippen LogP contribution is -2.21. The molecule has 10 heteroatoms. The number of nitrogens with one attached hydrogen (secondary N) is 1. The molecule has 0 spiro atoms. The van der Waals surface area contributed by atoms with Crippen molar-refractivity contribution in [3.63, 3.8) is 0 Å². The van der Waals surface area contributed by atoms with Crippen LogP contribution in [-0.4, -0.2) is 33.4 Å². The topological polar surface area (TPSA) is 93.4 Å². The number of nitrogens with zero attached hydrogens (tertiary/aromatic N) is 2. The van der Waals surface area contributed by atoms with Crippen LogP contribution in [0.25, 0.3) is 0 Å². The van der Waals surface area contributed by atoms with Crippen LogP contribution < -0.4 is 10.1 Å². The summed E-state index contributed by atoms with van der Waals surface area (Å²) in [6, 6.07) is 9.13. The van der Waals surface area contributed by atoms with Gasteiger partial charge in [0.1, 0.15) is 35.2 Å². The second kappa shape index (κ2) is 9.35. The van der Waals surface area contributed by atoms with Crippen LogP contribution in [0.2, 0.25) is 0 Å². The number of halogens is 3. The number of amides is 1. The molecule has 2 aromatic carbocycles. The highest BCUT2D eigenvalue weighted by Gasteiger charge is 2.39. The molecule has 1 aromatic heterocycles. The maximum absolute atomic E-state index is 13.5. The van der Waals surface area contributed by atoms with Gasteiger partial charge in [-0.2, -0.15) is 13.2 Å². The van der Waals surface area contributed by atoms with Crippen molar-refractivity contribution in [1.82, 2.24) is 14.9 Å². The summed E-state index contributed by atoms with van der Waals surface area (Å²) in [6.45, 7) is 0.875. The molecule has 1 heterocycles. The number of imidazole rings is 1. The number of phenols is 1. The van der Waals surface area contributed by atoms with Crippen LogP contribution in [0.1, 0.15) is 50.3 Å². The van der Waals surface area contributed by atoms with E-state index in [0.717, 1.165) is 24.6 Å². The van der Waals surface area contributed by atoms with Crippen LogP contribution in [0.3, 0.4) is 0 Å². The van der Waals surface area contributed by atoms with Gasteiger partial charge < -0.3 is 19.7 Å². The summed E-state index contributed by atoms with van der Waals surface area (Å²) in [7, 11) is 3.24. The van der Waals surface area contributed by atoms with Gasteiger partial charge >= 0.3 is 6.18 Å². The molecular formula is C23H22F3N3O4. The molecule has 0 unspecified atom stereocenters. The quantitative estimate of drug-likeness (QED) is 0.521. The Labute approximate surface area is 187 Å². The summed E-state index contributed by atoms with van der Waals surface area (Å²) in [5, 5.41) is 12.5. The Balaban J connectivity index is 1.81. The van der Waals surface area contributed by atoms with E-state index in [1.165, 1.54) is 13.2 Å². The first-order chi connectivity index (χ1) is 15.5. The number of rotatable bonds is 7. The highest BCUT2D eigenvalue weighted by Crippen LogP contribution is 2.44. The van der Waals surface area contributed by atoms with E-state index in [1.807, 2.05) is 6.07 Å². The molecule has 3 aromatic rings. The number of Topliss-reactive ketones (excluding diaryl/α,β-unsaturated/α-hetero) is 1. The van der Waals surface area contributed by atoms with Crippen LogP contribution in [-0.2, 0) is 26.3 Å². The van der Waals surface area contributed by atoms with Crippen molar-refractivity contribution in [2.75, 3.05) is 7.05 Å². The zero-order valence-corrected chi connectivity index (χ0v) is 18.2. The van der Waals surface area contributed by atoms with Gasteiger partial charge in [0.15, 0.2) is 5.78 Å². The van der Waals surface area contributed by atoms with Crippen LogP contribution in [0.5, 0.6) is 11.5 Å². The van der Waals surface area contributed by atoms with Crippen molar-refractivity contribution in [3.8, 4) is 11.5 Å². The second-order valence-corrected chi connectivity index (χ2v) is 7.37. The van der Waals surface area contributed by atoms with E-state index in [4.69, 9.17) is 4.74 Å². The summed E-state index contributed by atoms with van der Waals surface area (Å²) in [5.74, 6) is -2.04. The van der Waals surface area contributed by atoms with E-state index in [9.17, 15) is 27.9 Å². The van der Waals surface area contributed by atoms with Crippen LogP contribution in [0.15, 0.2) is 42.6 Å². The third-order valence-electron chi connectivity index (χ3n) is 5.09. The number of carbonyl (C=O) groups is 2. The third kappa shape index (κ3) is 5.16. The Morgan fingerprint density at radius 3 is 2.52 bits per heavy atom. The minimum absolute atomic E-state index is 0.195. The Kier molecular flexibility index (Phi) is 6.75. The number of aromatic nitrogens is 2. The standard InChI is InChI=1S/C23H22F3N3O4/c1-13(30)16-7-8-18(20(21(16)31)23(24,25)26)33-12-15-6-4-5-14(9-15)10-19-28-11-17(29(19)3)22(32)27-2/h4-9,11,31H,10,12H2,1-3H3,(H,27,32). The first-order valence-corrected chi connectivity index (χ1v) is 9.90. The van der Waals surface area contributed by atoms with E-state index in [1.54, 1.807) is 29.8 Å². The molecular weight excluding hydrogens is 439 g/mol. The molecule has 0 aliphatic carbocycles. The molecule has 0 radical (unpaired) electrons. The molecule has 7 nitrogen and oxygen atoms in total. The summed E-state index contributed by atoms with van der Waals surface area (Å²) < 4.78 is 47.6. The Morgan fingerprint density at radius 1 is 1.18 bits per heavy atom. The van der Waals surface area contributed by atoms with Gasteiger partial charge in [-0.25, -0.2) is 4.98 Å². The molecule has 0 aliphatic rings. The number of hydrogen-bond donors (Lipinski definition) is 2. The fraction of sp³-hybridized carbons (Fsp3) is 0.261. The first kappa shape index (κ1) is 23.8. The number of alkyl halides is 3. The molecule has 2 N–H and O–H groups in total. The first-order valence-electron chi connectivity index (χ1n) is 9.90. The van der Waals surface area contributed by atoms with Gasteiger partial charge in [0, 0.05) is 20.5 Å². The number of phenolic OH excluding ortho intramolecular Hbond substituents is 1. The van der Waals surface area contributed by atoms with Crippen molar-refractivity contribution in [1.29, 1.82) is 0 Å². The maximum Gasteiger partial charge on any atom is 0.423 e. The van der Waals surface area contributed by atoms with Crippen molar-refractivity contribution >= 4 is 11.7 Å². The molecule has 0 fully saturated rings. The summed E-state index contributed by atoms with van der Waals surface area (Å²) >= 11 is 0. The Hall–Kier alpha value is -3.82. The Bertz CT molecular complexity index is 1200. The fourth-order valence-corrected chi connectivity index (χ4v) is 3.38. The normalized spacial score (nSPS) is 11.3. The predicted molar refractivity (Wildman–Crippen MR) is 113 cm³/mol. The molecule has 0 saturated heterocycles.